The molecule has 0 aliphatic heterocycles. The molecular formula is C20H27N3O5. The fourth-order valence-corrected chi connectivity index (χ4v) is 3.09. The normalized spacial score (nSPS) is 13.6. The van der Waals surface area contributed by atoms with Crippen molar-refractivity contribution in [1.29, 1.82) is 0 Å². The second-order valence-electron chi connectivity index (χ2n) is 6.80. The smallest absolute Gasteiger partial charge is 0.309 e. The number of ether oxygens (including phenoxy) is 1. The summed E-state index contributed by atoms with van der Waals surface area (Å²) in [5.41, 5.74) is 1.18. The third-order valence-electron chi connectivity index (χ3n) is 4.58. The average Bonchev–Trinajstić information content (AvgIpc) is 3.20. The van der Waals surface area contributed by atoms with Gasteiger partial charge >= 0.3 is 5.97 Å². The fourth-order valence-electron chi connectivity index (χ4n) is 3.09. The Balaban J connectivity index is 1.80. The Hall–Kier alpha value is -2.90. The molecule has 0 bridgehead atoms. The molecule has 0 atom stereocenters. The molecule has 2 rings (SSSR count). The lowest BCUT2D eigenvalue weighted by molar-refractivity contribution is -0.155. The molecule has 0 unspecified atom stereocenters. The minimum atomic E-state index is -0.398. The Labute approximate surface area is 164 Å². The minimum Gasteiger partial charge on any atom is -0.455 e. The zero-order valence-corrected chi connectivity index (χ0v) is 16.3. The third kappa shape index (κ3) is 6.68. The standard InChI is InChI=1S/C20H27N3O5/c1-3-23(19(26)13-28-20(27)15-6-4-5-7-15)12-18(25)22-17-10-8-16(9-11-17)21-14(2)24/h8-11,15H,3-7,12-13H2,1-2H3,(H,21,24)(H,22,25). The van der Waals surface area contributed by atoms with Gasteiger partial charge in [-0.15, -0.1) is 0 Å². The first-order valence-electron chi connectivity index (χ1n) is 9.51. The third-order valence-corrected chi connectivity index (χ3v) is 4.58. The van der Waals surface area contributed by atoms with Gasteiger partial charge in [0.05, 0.1) is 12.5 Å². The van der Waals surface area contributed by atoms with Crippen LogP contribution in [0, 0.1) is 5.92 Å². The molecule has 0 heterocycles. The zero-order valence-electron chi connectivity index (χ0n) is 16.3. The minimum absolute atomic E-state index is 0.105. The van der Waals surface area contributed by atoms with Crippen LogP contribution in [-0.4, -0.2) is 48.3 Å². The van der Waals surface area contributed by atoms with Crippen LogP contribution in [0.15, 0.2) is 24.3 Å². The highest BCUT2D eigenvalue weighted by molar-refractivity contribution is 5.95. The van der Waals surface area contributed by atoms with Gasteiger partial charge in [0.25, 0.3) is 5.91 Å². The van der Waals surface area contributed by atoms with Crippen molar-refractivity contribution in [2.45, 2.75) is 39.5 Å². The molecule has 0 spiro atoms. The van der Waals surface area contributed by atoms with E-state index in [0.29, 0.717) is 17.9 Å². The van der Waals surface area contributed by atoms with Gasteiger partial charge in [-0.3, -0.25) is 19.2 Å². The molecule has 1 fully saturated rings. The van der Waals surface area contributed by atoms with Crippen LogP contribution in [-0.2, 0) is 23.9 Å². The van der Waals surface area contributed by atoms with Gasteiger partial charge in [0.1, 0.15) is 0 Å². The molecule has 1 aromatic rings. The first-order chi connectivity index (χ1) is 13.4. The molecule has 152 valence electrons. The Kier molecular flexibility index (Phi) is 7.98. The van der Waals surface area contributed by atoms with Crippen molar-refractivity contribution in [3.05, 3.63) is 24.3 Å². The lowest BCUT2D eigenvalue weighted by Gasteiger charge is -2.20. The molecule has 8 nitrogen and oxygen atoms in total. The van der Waals surface area contributed by atoms with Gasteiger partial charge in [-0.05, 0) is 44.0 Å². The number of amides is 3. The summed E-state index contributed by atoms with van der Waals surface area (Å²) < 4.78 is 5.12. The molecule has 0 radical (unpaired) electrons. The largest absolute Gasteiger partial charge is 0.455 e. The van der Waals surface area contributed by atoms with Gasteiger partial charge in [0, 0.05) is 24.8 Å². The highest BCUT2D eigenvalue weighted by atomic mass is 16.5. The van der Waals surface area contributed by atoms with Gasteiger partial charge in [-0.25, -0.2) is 0 Å². The Morgan fingerprint density at radius 3 is 2.14 bits per heavy atom. The number of benzene rings is 1. The zero-order chi connectivity index (χ0) is 20.5. The van der Waals surface area contributed by atoms with Crippen molar-refractivity contribution in [1.82, 2.24) is 4.90 Å². The van der Waals surface area contributed by atoms with E-state index in [1.54, 1.807) is 31.2 Å². The second-order valence-corrected chi connectivity index (χ2v) is 6.80. The predicted octanol–water partition coefficient (Wildman–Crippen LogP) is 2.17. The maximum Gasteiger partial charge on any atom is 0.309 e. The molecular weight excluding hydrogens is 362 g/mol. The summed E-state index contributed by atoms with van der Waals surface area (Å²) in [5, 5.41) is 5.34. The molecule has 0 saturated heterocycles. The van der Waals surface area contributed by atoms with Crippen molar-refractivity contribution in [3.8, 4) is 0 Å². The van der Waals surface area contributed by atoms with Crippen molar-refractivity contribution in [2.24, 2.45) is 5.92 Å². The Bertz CT molecular complexity index is 711. The maximum absolute atomic E-state index is 12.3. The number of carbonyl (C=O) groups is 4. The summed E-state index contributed by atoms with van der Waals surface area (Å²) in [7, 11) is 0. The quantitative estimate of drug-likeness (QED) is 0.663. The first-order valence-corrected chi connectivity index (χ1v) is 9.51. The van der Waals surface area contributed by atoms with E-state index in [9.17, 15) is 19.2 Å². The van der Waals surface area contributed by atoms with Crippen molar-refractivity contribution >= 4 is 35.1 Å². The number of esters is 1. The summed E-state index contributed by atoms with van der Waals surface area (Å²) in [5.74, 6) is -1.37. The van der Waals surface area contributed by atoms with E-state index in [2.05, 4.69) is 10.6 Å². The fraction of sp³-hybridized carbons (Fsp3) is 0.500. The molecule has 2 N–H and O–H groups in total. The van der Waals surface area contributed by atoms with Crippen molar-refractivity contribution < 1.29 is 23.9 Å². The van der Waals surface area contributed by atoms with Crippen molar-refractivity contribution in [2.75, 3.05) is 30.3 Å². The molecule has 0 aromatic heterocycles. The van der Waals surface area contributed by atoms with Crippen molar-refractivity contribution in [3.63, 3.8) is 0 Å². The van der Waals surface area contributed by atoms with Gasteiger partial charge in [0.2, 0.25) is 11.8 Å². The summed E-state index contributed by atoms with van der Waals surface area (Å²) in [6.07, 6.45) is 3.66. The van der Waals surface area contributed by atoms with Crippen LogP contribution < -0.4 is 10.6 Å². The van der Waals surface area contributed by atoms with Crippen LogP contribution in [0.3, 0.4) is 0 Å². The molecule has 3 amide bonds. The van der Waals surface area contributed by atoms with Crippen LogP contribution in [0.4, 0.5) is 11.4 Å². The highest BCUT2D eigenvalue weighted by Crippen LogP contribution is 2.25. The van der Waals surface area contributed by atoms with E-state index < -0.39 is 5.91 Å². The number of anilines is 2. The van der Waals surface area contributed by atoms with Crippen LogP contribution in [0.5, 0.6) is 0 Å². The van der Waals surface area contributed by atoms with Gasteiger partial charge < -0.3 is 20.3 Å². The predicted molar refractivity (Wildman–Crippen MR) is 105 cm³/mol. The van der Waals surface area contributed by atoms with E-state index in [1.165, 1.54) is 11.8 Å². The Morgan fingerprint density at radius 1 is 1.04 bits per heavy atom. The number of hydrogen-bond donors (Lipinski definition) is 2. The van der Waals surface area contributed by atoms with Crippen LogP contribution in [0.1, 0.15) is 39.5 Å². The molecule has 28 heavy (non-hydrogen) atoms. The number of nitrogens with zero attached hydrogens (tertiary/aromatic N) is 1. The summed E-state index contributed by atoms with van der Waals surface area (Å²) >= 11 is 0. The number of carbonyl (C=O) groups excluding carboxylic acids is 4. The van der Waals surface area contributed by atoms with E-state index in [1.807, 2.05) is 0 Å². The topological polar surface area (TPSA) is 105 Å². The van der Waals surface area contributed by atoms with Gasteiger partial charge in [0.15, 0.2) is 6.61 Å². The molecule has 1 saturated carbocycles. The Morgan fingerprint density at radius 2 is 1.61 bits per heavy atom. The van der Waals surface area contributed by atoms with E-state index in [4.69, 9.17) is 4.74 Å². The number of hydrogen-bond acceptors (Lipinski definition) is 5. The summed E-state index contributed by atoms with van der Waals surface area (Å²) in [6.45, 7) is 3.02. The molecule has 1 aliphatic rings. The molecule has 1 aromatic carbocycles. The number of rotatable bonds is 8. The number of likely N-dealkylation sites (N-methyl/N-ethyl adjacent to an activating group) is 1. The first kappa shape index (κ1) is 21.4. The van der Waals surface area contributed by atoms with Gasteiger partial charge in [-0.2, -0.15) is 0 Å². The highest BCUT2D eigenvalue weighted by Gasteiger charge is 2.25. The maximum atomic E-state index is 12.3. The van der Waals surface area contributed by atoms with E-state index in [-0.39, 0.29) is 36.9 Å². The molecule has 1 aliphatic carbocycles. The number of nitrogens with one attached hydrogen (secondary N) is 2. The van der Waals surface area contributed by atoms with Crippen LogP contribution in [0.25, 0.3) is 0 Å². The van der Waals surface area contributed by atoms with Crippen LogP contribution >= 0.6 is 0 Å². The van der Waals surface area contributed by atoms with Gasteiger partial charge in [-0.1, -0.05) is 12.8 Å². The monoisotopic (exact) mass is 389 g/mol. The van der Waals surface area contributed by atoms with Crippen LogP contribution in [0.2, 0.25) is 0 Å². The lowest BCUT2D eigenvalue weighted by atomic mass is 10.1. The second kappa shape index (κ2) is 10.4. The summed E-state index contributed by atoms with van der Waals surface area (Å²) in [6, 6.07) is 6.65. The van der Waals surface area contributed by atoms with E-state index in [0.717, 1.165) is 25.7 Å². The molecule has 8 heteroatoms. The van der Waals surface area contributed by atoms with E-state index >= 15 is 0 Å². The summed E-state index contributed by atoms with van der Waals surface area (Å²) in [4.78, 5) is 48.7. The SMILES string of the molecule is CCN(CC(=O)Nc1ccc(NC(C)=O)cc1)C(=O)COC(=O)C1CCCC1. The average molecular weight is 389 g/mol. The lowest BCUT2D eigenvalue weighted by Crippen LogP contribution is -2.40.